The molecule has 6 heteroatoms. The normalized spacial score (nSPS) is 31.5. The molecule has 0 saturated heterocycles. The molecule has 0 amide bonds. The van der Waals surface area contributed by atoms with Crippen molar-refractivity contribution >= 4 is 21.3 Å². The van der Waals surface area contributed by atoms with Crippen LogP contribution < -0.4 is 0 Å². The van der Waals surface area contributed by atoms with Crippen LogP contribution in [0.25, 0.3) is 9.96 Å². The maximum absolute atomic E-state index is 5.59. The van der Waals surface area contributed by atoms with Crippen molar-refractivity contribution in [2.75, 3.05) is 0 Å². The van der Waals surface area contributed by atoms with E-state index in [1.165, 1.54) is 96.3 Å². The summed E-state index contributed by atoms with van der Waals surface area (Å²) in [5.41, 5.74) is 2.13. The molecule has 0 aromatic rings. The standard InChI is InChI=1S/C35H68N2Si2.3CH3.CH2.2Ti/c1-34(2,3)36-38(7,8)32-28(24-26-18-14-16-22-30(26)32)20-12-11-13-21-29-25-27-19-15-17-23-31(27)33(29)39(9,10)37-35(4,5)6;;;;;;/h26-33H,11-25H2,1-10H3;3*1H3;1H2;;/q-2;3*-1;;+2;+3. The molecule has 261 valence electrons. The third kappa shape index (κ3) is 13.7. The van der Waals surface area contributed by atoms with Crippen LogP contribution in [0.15, 0.2) is 0 Å². The molecule has 4 aliphatic carbocycles. The van der Waals surface area contributed by atoms with E-state index in [1.807, 2.05) is 0 Å². The second-order valence-electron chi connectivity index (χ2n) is 18.0. The van der Waals surface area contributed by atoms with E-state index < -0.39 is 16.5 Å². The Morgan fingerprint density at radius 1 is 0.578 bits per heavy atom. The molecule has 1 radical (unpaired) electrons. The van der Waals surface area contributed by atoms with Crippen molar-refractivity contribution in [1.82, 2.24) is 0 Å². The van der Waals surface area contributed by atoms with E-state index in [2.05, 4.69) is 72.5 Å². The fraction of sp³-hybridized carbons (Fsp3) is 0.897. The van der Waals surface area contributed by atoms with Crippen molar-refractivity contribution in [3.63, 3.8) is 0 Å². The van der Waals surface area contributed by atoms with E-state index in [-0.39, 0.29) is 55.1 Å². The second kappa shape index (κ2) is 20.5. The molecule has 0 bridgehead atoms. The van der Waals surface area contributed by atoms with Gasteiger partial charge in [0.25, 0.3) is 0 Å². The Labute approximate surface area is 314 Å². The Balaban J connectivity index is 0. The Hall–Kier alpha value is 1.65. The van der Waals surface area contributed by atoms with Crippen molar-refractivity contribution in [3.05, 3.63) is 32.2 Å². The Morgan fingerprint density at radius 2 is 0.889 bits per heavy atom. The summed E-state index contributed by atoms with van der Waals surface area (Å²) < 4.78 is 0. The van der Waals surface area contributed by atoms with Gasteiger partial charge in [-0.15, -0.1) is 11.1 Å². The van der Waals surface area contributed by atoms with Crippen molar-refractivity contribution in [3.8, 4) is 0 Å². The van der Waals surface area contributed by atoms with E-state index in [9.17, 15) is 0 Å². The van der Waals surface area contributed by atoms with Crippen LogP contribution in [0.4, 0.5) is 0 Å². The van der Waals surface area contributed by atoms with Gasteiger partial charge < -0.3 is 32.2 Å². The van der Waals surface area contributed by atoms with Gasteiger partial charge in [0.15, 0.2) is 0 Å². The molecule has 4 fully saturated rings. The predicted molar refractivity (Wildman–Crippen MR) is 205 cm³/mol. The van der Waals surface area contributed by atoms with Crippen molar-refractivity contribution < 1.29 is 41.7 Å². The summed E-state index contributed by atoms with van der Waals surface area (Å²) in [6, 6.07) is 0. The van der Waals surface area contributed by atoms with Gasteiger partial charge in [-0.25, -0.2) is 0 Å². The molecule has 4 saturated carbocycles. The third-order valence-corrected chi connectivity index (χ3v) is 19.2. The molecule has 45 heavy (non-hydrogen) atoms. The molecule has 0 aromatic carbocycles. The number of hydrogen-bond acceptors (Lipinski definition) is 0. The first kappa shape index (κ1) is 48.8. The molecule has 0 spiro atoms. The summed E-state index contributed by atoms with van der Waals surface area (Å²) in [5, 5.41) is 0. The zero-order chi connectivity index (χ0) is 30.6. The van der Waals surface area contributed by atoms with Gasteiger partial charge in [0.05, 0.1) is 0 Å². The number of unbranched alkanes of at least 4 members (excludes halogenated alkanes) is 2. The maximum atomic E-state index is 5.59. The number of hydrogen-bond donors (Lipinski definition) is 0. The first-order valence-electron chi connectivity index (χ1n) is 17.9. The SMILES string of the molecule is CC(C)(C)[N-][Si](C)(C)C1C(CCCCCC2CC3CCCCC3C2[Si](C)(C)[N-]C(C)(C)C)CC2CCCCC21.[CH2]=[Ti+2].[CH3-].[CH3-].[CH3-].[Ti+3]. The third-order valence-electron chi connectivity index (χ3n) is 11.6. The molecule has 0 N–H and O–H groups in total. The van der Waals surface area contributed by atoms with Crippen molar-refractivity contribution in [1.29, 1.82) is 0 Å². The van der Waals surface area contributed by atoms with Crippen LogP contribution in [0, 0.1) is 57.8 Å². The largest absolute Gasteiger partial charge is 3.00 e. The van der Waals surface area contributed by atoms with Crippen LogP contribution in [-0.2, 0) is 41.7 Å². The molecule has 2 nitrogen and oxygen atoms in total. The van der Waals surface area contributed by atoms with Crippen molar-refractivity contribution in [2.24, 2.45) is 35.5 Å². The predicted octanol–water partition coefficient (Wildman–Crippen LogP) is 13.4. The average molecular weight is 728 g/mol. The minimum atomic E-state index is -1.62. The maximum Gasteiger partial charge on any atom is 3.00 e. The quantitative estimate of drug-likeness (QED) is 0.122. The molecular weight excluding hydrogens is 648 g/mol. The van der Waals surface area contributed by atoms with Gasteiger partial charge in [0.2, 0.25) is 0 Å². The Morgan fingerprint density at radius 3 is 1.20 bits per heavy atom. The van der Waals surface area contributed by atoms with Gasteiger partial charge in [0, 0.05) is 0 Å². The molecular formula is C39H79N2Si2Ti2. The van der Waals surface area contributed by atoms with Crippen LogP contribution in [0.2, 0.25) is 37.3 Å². The number of rotatable bonds is 10. The smallest absolute Gasteiger partial charge is 0.358 e. The summed E-state index contributed by atoms with van der Waals surface area (Å²) in [4.78, 5) is 14.4. The summed E-state index contributed by atoms with van der Waals surface area (Å²) in [7, 11) is -3.23. The van der Waals surface area contributed by atoms with E-state index in [4.69, 9.17) is 9.96 Å². The number of nitrogens with zero attached hydrogens (tertiary/aromatic N) is 2. The molecule has 8 atom stereocenters. The summed E-state index contributed by atoms with van der Waals surface area (Å²) in [5.74, 6) is 5.97. The van der Waals surface area contributed by atoms with E-state index in [1.54, 1.807) is 20.0 Å². The Bertz CT molecular complexity index is 742. The first-order chi connectivity index (χ1) is 19.1. The van der Waals surface area contributed by atoms with Crippen LogP contribution in [0.1, 0.15) is 138 Å². The van der Waals surface area contributed by atoms with Gasteiger partial charge >= 0.3 is 46.5 Å². The average Bonchev–Trinajstić information content (AvgIpc) is 3.41. The fourth-order valence-corrected chi connectivity index (χ4v) is 21.1. The van der Waals surface area contributed by atoms with Crippen LogP contribution >= 0.6 is 0 Å². The van der Waals surface area contributed by atoms with Gasteiger partial charge in [-0.2, -0.15) is 0 Å². The van der Waals surface area contributed by atoms with E-state index in [0.29, 0.717) is 0 Å². The minimum absolute atomic E-state index is 0. The molecule has 0 aromatic heterocycles. The number of fused-ring (bicyclic) bond motifs is 2. The second-order valence-corrected chi connectivity index (χ2v) is 26.4. The molecule has 0 aliphatic heterocycles. The zero-order valence-corrected chi connectivity index (χ0v) is 38.0. The monoisotopic (exact) mass is 727 g/mol. The van der Waals surface area contributed by atoms with E-state index in [0.717, 1.165) is 46.6 Å². The summed E-state index contributed by atoms with van der Waals surface area (Å²) >= 11 is 1.75. The minimum Gasteiger partial charge on any atom is -0.358 e. The summed E-state index contributed by atoms with van der Waals surface area (Å²) in [6.07, 6.45) is 22.5. The molecule has 4 rings (SSSR count). The van der Waals surface area contributed by atoms with Crippen LogP contribution in [0.5, 0.6) is 0 Å². The summed E-state index contributed by atoms with van der Waals surface area (Å²) in [6.45, 7) is 24.6. The van der Waals surface area contributed by atoms with Gasteiger partial charge in [-0.05, 0) is 48.3 Å². The van der Waals surface area contributed by atoms with Crippen molar-refractivity contribution in [2.45, 2.75) is 186 Å². The van der Waals surface area contributed by atoms with Gasteiger partial charge in [-0.3, -0.25) is 0 Å². The fourth-order valence-electron chi connectivity index (χ4n) is 11.4. The van der Waals surface area contributed by atoms with Gasteiger partial charge in [-0.1, -0.05) is 179 Å². The molecule has 4 aliphatic rings. The van der Waals surface area contributed by atoms with E-state index >= 15 is 0 Å². The first-order valence-corrected chi connectivity index (χ1v) is 25.1. The topological polar surface area (TPSA) is 28.2 Å². The van der Waals surface area contributed by atoms with Crippen LogP contribution in [-0.4, -0.2) is 32.4 Å². The van der Waals surface area contributed by atoms with Gasteiger partial charge in [0.1, 0.15) is 0 Å². The molecule has 8 unspecified atom stereocenters. The zero-order valence-electron chi connectivity index (χ0n) is 32.8. The van der Waals surface area contributed by atoms with Crippen LogP contribution in [0.3, 0.4) is 0 Å². The Kier molecular flexibility index (Phi) is 22.2. The molecule has 0 heterocycles.